The van der Waals surface area contributed by atoms with Gasteiger partial charge < -0.3 is 10.1 Å². The number of nitrogens with zero attached hydrogens (tertiary/aromatic N) is 5. The number of rotatable bonds is 6. The first-order valence-corrected chi connectivity index (χ1v) is 10.0. The van der Waals surface area contributed by atoms with Crippen LogP contribution < -0.4 is 10.1 Å². The van der Waals surface area contributed by atoms with Crippen molar-refractivity contribution in [2.75, 3.05) is 6.61 Å². The topological polar surface area (TPSA) is 94.8 Å². The summed E-state index contributed by atoms with van der Waals surface area (Å²) in [5.41, 5.74) is 4.45. The molecule has 158 valence electrons. The summed E-state index contributed by atoms with van der Waals surface area (Å²) in [5.74, 6) is 0.693. The average molecular weight is 416 g/mol. The van der Waals surface area contributed by atoms with Gasteiger partial charge >= 0.3 is 0 Å². The molecule has 0 aliphatic rings. The van der Waals surface area contributed by atoms with Crippen LogP contribution in [-0.4, -0.2) is 37.2 Å². The predicted octanol–water partition coefficient (Wildman–Crippen LogP) is 3.30. The molecule has 0 fully saturated rings. The van der Waals surface area contributed by atoms with Crippen LogP contribution in [0.15, 0.2) is 48.8 Å². The van der Waals surface area contributed by atoms with E-state index in [0.717, 1.165) is 16.5 Å². The quantitative estimate of drug-likeness (QED) is 0.518. The zero-order valence-corrected chi connectivity index (χ0v) is 18.0. The maximum atomic E-state index is 12.4. The molecular weight excluding hydrogens is 392 g/mol. The zero-order valence-electron chi connectivity index (χ0n) is 18.0. The van der Waals surface area contributed by atoms with Gasteiger partial charge in [0.05, 0.1) is 11.4 Å². The summed E-state index contributed by atoms with van der Waals surface area (Å²) in [6.07, 6.45) is 3.36. The summed E-state index contributed by atoms with van der Waals surface area (Å²) in [4.78, 5) is 25.5. The Hall–Kier alpha value is -3.81. The van der Waals surface area contributed by atoms with E-state index in [0.29, 0.717) is 23.0 Å². The molecule has 0 bridgehead atoms. The molecule has 3 aromatic heterocycles. The molecule has 31 heavy (non-hydrogen) atoms. The van der Waals surface area contributed by atoms with Gasteiger partial charge in [0.2, 0.25) is 5.88 Å². The Morgan fingerprint density at radius 3 is 2.58 bits per heavy atom. The van der Waals surface area contributed by atoms with Crippen LogP contribution in [0.25, 0.3) is 22.6 Å². The van der Waals surface area contributed by atoms with E-state index in [2.05, 4.69) is 25.4 Å². The fraction of sp³-hybridized carbons (Fsp3) is 0.261. The van der Waals surface area contributed by atoms with Crippen LogP contribution in [0, 0.1) is 13.8 Å². The van der Waals surface area contributed by atoms with Gasteiger partial charge in [0, 0.05) is 25.5 Å². The minimum absolute atomic E-state index is 0.112. The Morgan fingerprint density at radius 1 is 1.16 bits per heavy atom. The van der Waals surface area contributed by atoms with Crippen LogP contribution in [0.4, 0.5) is 0 Å². The lowest BCUT2D eigenvalue weighted by Crippen LogP contribution is -2.31. The minimum Gasteiger partial charge on any atom is -0.468 e. The molecule has 4 rings (SSSR count). The maximum absolute atomic E-state index is 12.4. The number of pyridine rings is 1. The van der Waals surface area contributed by atoms with Crippen LogP contribution in [0.5, 0.6) is 5.88 Å². The van der Waals surface area contributed by atoms with Gasteiger partial charge in [0.25, 0.3) is 5.91 Å². The summed E-state index contributed by atoms with van der Waals surface area (Å²) in [6, 6.07) is 11.5. The Bertz CT molecular complexity index is 1220. The molecule has 1 atom stereocenters. The number of amides is 1. The van der Waals surface area contributed by atoms with Gasteiger partial charge in [-0.2, -0.15) is 10.1 Å². The number of aromatic nitrogens is 5. The highest BCUT2D eigenvalue weighted by atomic mass is 16.5. The van der Waals surface area contributed by atoms with Crippen molar-refractivity contribution in [2.24, 2.45) is 7.05 Å². The molecule has 1 amide bonds. The van der Waals surface area contributed by atoms with E-state index >= 15 is 0 Å². The molecule has 8 heteroatoms. The third-order valence-electron chi connectivity index (χ3n) is 5.05. The van der Waals surface area contributed by atoms with Crippen molar-refractivity contribution in [1.82, 2.24) is 30.0 Å². The second-order valence-electron chi connectivity index (χ2n) is 7.51. The van der Waals surface area contributed by atoms with Crippen molar-refractivity contribution < 1.29 is 9.53 Å². The first-order chi connectivity index (χ1) is 14.9. The van der Waals surface area contributed by atoms with Gasteiger partial charge in [-0.15, -0.1) is 0 Å². The number of aryl methyl sites for hydroxylation is 3. The van der Waals surface area contributed by atoms with Gasteiger partial charge in [0.15, 0.2) is 18.1 Å². The number of ether oxygens (including phenoxy) is 1. The lowest BCUT2D eigenvalue weighted by molar-refractivity contribution is -0.123. The molecule has 1 N–H and O–H groups in total. The van der Waals surface area contributed by atoms with Crippen molar-refractivity contribution in [3.05, 3.63) is 65.5 Å². The number of hydrogen-bond acceptors (Lipinski definition) is 6. The van der Waals surface area contributed by atoms with Crippen molar-refractivity contribution in [2.45, 2.75) is 26.8 Å². The third kappa shape index (κ3) is 4.37. The fourth-order valence-corrected chi connectivity index (χ4v) is 3.41. The summed E-state index contributed by atoms with van der Waals surface area (Å²) in [6.45, 7) is 5.80. The Kier molecular flexibility index (Phi) is 5.62. The highest BCUT2D eigenvalue weighted by Gasteiger charge is 2.18. The summed E-state index contributed by atoms with van der Waals surface area (Å²) in [5, 5.41) is 8.34. The molecule has 0 radical (unpaired) electrons. The minimum atomic E-state index is -0.212. The lowest BCUT2D eigenvalue weighted by Gasteiger charge is -2.15. The Labute approximate surface area is 180 Å². The molecule has 8 nitrogen and oxygen atoms in total. The number of nitrogens with one attached hydrogen (secondary N) is 1. The fourth-order valence-electron chi connectivity index (χ4n) is 3.41. The summed E-state index contributed by atoms with van der Waals surface area (Å²) >= 11 is 0. The third-order valence-corrected chi connectivity index (χ3v) is 5.05. The van der Waals surface area contributed by atoms with Crippen LogP contribution >= 0.6 is 0 Å². The number of benzene rings is 1. The first-order valence-electron chi connectivity index (χ1n) is 10.0. The second-order valence-corrected chi connectivity index (χ2v) is 7.51. The van der Waals surface area contributed by atoms with Gasteiger partial charge in [0.1, 0.15) is 5.69 Å². The molecule has 1 aromatic carbocycles. The van der Waals surface area contributed by atoms with Gasteiger partial charge in [-0.05, 0) is 38.0 Å². The molecule has 0 aliphatic carbocycles. The second kappa shape index (κ2) is 8.51. The van der Waals surface area contributed by atoms with E-state index in [1.807, 2.05) is 45.0 Å². The van der Waals surface area contributed by atoms with Crippen molar-refractivity contribution >= 4 is 16.9 Å². The molecule has 3 heterocycles. The molecule has 0 unspecified atom stereocenters. The molecular formula is C23H24N6O2. The van der Waals surface area contributed by atoms with E-state index in [1.165, 1.54) is 5.56 Å². The van der Waals surface area contributed by atoms with Gasteiger partial charge in [-0.1, -0.05) is 29.8 Å². The molecule has 0 aliphatic heterocycles. The maximum Gasteiger partial charge on any atom is 0.258 e. The van der Waals surface area contributed by atoms with Crippen LogP contribution in [0.3, 0.4) is 0 Å². The molecule has 0 saturated heterocycles. The Balaban J connectivity index is 1.48. The summed E-state index contributed by atoms with van der Waals surface area (Å²) in [7, 11) is 1.81. The average Bonchev–Trinajstić information content (AvgIpc) is 3.10. The SMILES string of the molecule is Cc1ccc([C@H](C)NC(=O)COc2cc(C)c3c(-c4ncccn4)nn(C)c3n2)cc1. The van der Waals surface area contributed by atoms with E-state index in [1.54, 1.807) is 36.3 Å². The standard InChI is InChI=1S/C23H24N6O2/c1-14-6-8-17(9-7-14)16(3)26-18(30)13-31-19-12-15(2)20-21(22-24-10-5-11-25-22)28-29(4)23(20)27-19/h5-12,16H,13H2,1-4H3,(H,26,30)/t16-/m0/s1. The van der Waals surface area contributed by atoms with Gasteiger partial charge in [-0.3, -0.25) is 4.79 Å². The smallest absolute Gasteiger partial charge is 0.258 e. The van der Waals surface area contributed by atoms with E-state index in [4.69, 9.17) is 4.74 Å². The number of carbonyl (C=O) groups is 1. The van der Waals surface area contributed by atoms with Crippen LogP contribution in [0.1, 0.15) is 29.7 Å². The van der Waals surface area contributed by atoms with Crippen LogP contribution in [0.2, 0.25) is 0 Å². The number of fused-ring (bicyclic) bond motifs is 1. The Morgan fingerprint density at radius 2 is 1.87 bits per heavy atom. The van der Waals surface area contributed by atoms with E-state index < -0.39 is 0 Å². The van der Waals surface area contributed by atoms with E-state index in [9.17, 15) is 4.79 Å². The molecule has 0 spiro atoms. The van der Waals surface area contributed by atoms with Crippen molar-refractivity contribution in [1.29, 1.82) is 0 Å². The van der Waals surface area contributed by atoms with E-state index in [-0.39, 0.29) is 18.6 Å². The van der Waals surface area contributed by atoms with Gasteiger partial charge in [-0.25, -0.2) is 14.6 Å². The van der Waals surface area contributed by atoms with Crippen LogP contribution in [-0.2, 0) is 11.8 Å². The monoisotopic (exact) mass is 416 g/mol. The molecule has 4 aromatic rings. The lowest BCUT2D eigenvalue weighted by atomic mass is 10.1. The van der Waals surface area contributed by atoms with Crippen molar-refractivity contribution in [3.63, 3.8) is 0 Å². The zero-order chi connectivity index (χ0) is 22.0. The normalized spacial score (nSPS) is 12.0. The molecule has 0 saturated carbocycles. The number of hydrogen-bond donors (Lipinski definition) is 1. The van der Waals surface area contributed by atoms with Crippen molar-refractivity contribution in [3.8, 4) is 17.4 Å². The highest BCUT2D eigenvalue weighted by molar-refractivity contribution is 5.92. The number of carbonyl (C=O) groups excluding carboxylic acids is 1. The highest BCUT2D eigenvalue weighted by Crippen LogP contribution is 2.29. The predicted molar refractivity (Wildman–Crippen MR) is 118 cm³/mol. The largest absolute Gasteiger partial charge is 0.468 e. The first kappa shape index (κ1) is 20.5. The summed E-state index contributed by atoms with van der Waals surface area (Å²) < 4.78 is 7.35.